The number of rotatable bonds is 4. The van der Waals surface area contributed by atoms with E-state index in [0.717, 1.165) is 6.42 Å². The van der Waals surface area contributed by atoms with Crippen molar-refractivity contribution < 1.29 is 5.11 Å². The van der Waals surface area contributed by atoms with Crippen LogP contribution in [-0.2, 0) is 0 Å². The molecule has 0 aromatic rings. The number of aliphatic hydroxyl groups excluding tert-OH is 1. The van der Waals surface area contributed by atoms with E-state index in [-0.39, 0.29) is 6.04 Å². The maximum Gasteiger partial charge on any atom is 0.102 e. The third-order valence-electron chi connectivity index (χ3n) is 1.25. The van der Waals surface area contributed by atoms with Gasteiger partial charge in [0.1, 0.15) is 6.23 Å². The molecule has 0 rings (SSSR count). The van der Waals surface area contributed by atoms with Crippen LogP contribution in [0.1, 0.15) is 20.3 Å². The molecule has 56 valence electrons. The van der Waals surface area contributed by atoms with Crippen LogP contribution >= 0.6 is 0 Å². The summed E-state index contributed by atoms with van der Waals surface area (Å²) in [6.07, 6.45) is 0.514. The van der Waals surface area contributed by atoms with E-state index in [4.69, 9.17) is 10.8 Å². The fraction of sp³-hybridized carbons (Fsp3) is 1.00. The minimum absolute atomic E-state index is 0.255. The molecule has 0 spiro atoms. The summed E-state index contributed by atoms with van der Waals surface area (Å²) in [5.74, 6) is 0. The van der Waals surface area contributed by atoms with Gasteiger partial charge < -0.3 is 10.8 Å². The highest BCUT2D eigenvalue weighted by Crippen LogP contribution is 1.87. The van der Waals surface area contributed by atoms with Crippen LogP contribution in [0.2, 0.25) is 0 Å². The first kappa shape index (κ1) is 8.88. The summed E-state index contributed by atoms with van der Waals surface area (Å²) in [5, 5.41) is 11.7. The van der Waals surface area contributed by atoms with Crippen molar-refractivity contribution in [3.8, 4) is 0 Å². The first-order valence-electron chi connectivity index (χ1n) is 3.34. The Balaban J connectivity index is 3.31. The van der Waals surface area contributed by atoms with E-state index >= 15 is 0 Å². The number of nitrogens with two attached hydrogens (primary N) is 1. The molecule has 0 aliphatic rings. The second-order valence-electron chi connectivity index (χ2n) is 2.18. The molecule has 2 atom stereocenters. The molecule has 0 bridgehead atoms. The van der Waals surface area contributed by atoms with Gasteiger partial charge >= 0.3 is 0 Å². The molecule has 3 nitrogen and oxygen atoms in total. The van der Waals surface area contributed by atoms with E-state index < -0.39 is 6.23 Å². The van der Waals surface area contributed by atoms with Crippen molar-refractivity contribution >= 4 is 0 Å². The van der Waals surface area contributed by atoms with Gasteiger partial charge in [0.25, 0.3) is 0 Å². The van der Waals surface area contributed by atoms with E-state index in [2.05, 4.69) is 5.32 Å². The highest BCUT2D eigenvalue weighted by molar-refractivity contribution is 4.64. The monoisotopic (exact) mass is 132 g/mol. The largest absolute Gasteiger partial charge is 0.379 e. The number of hydrogen-bond donors (Lipinski definition) is 3. The zero-order valence-electron chi connectivity index (χ0n) is 6.09. The van der Waals surface area contributed by atoms with Gasteiger partial charge in [-0.15, -0.1) is 0 Å². The molecule has 0 radical (unpaired) electrons. The minimum atomic E-state index is -0.446. The second kappa shape index (κ2) is 4.73. The van der Waals surface area contributed by atoms with Crippen molar-refractivity contribution in [2.24, 2.45) is 5.73 Å². The number of nitrogens with one attached hydrogen (secondary N) is 1. The Morgan fingerprint density at radius 3 is 2.33 bits per heavy atom. The maximum atomic E-state index is 8.82. The van der Waals surface area contributed by atoms with Crippen LogP contribution in [0, 0.1) is 0 Å². The Morgan fingerprint density at radius 2 is 2.22 bits per heavy atom. The number of aliphatic hydroxyl groups is 1. The summed E-state index contributed by atoms with van der Waals surface area (Å²) in [7, 11) is 0. The van der Waals surface area contributed by atoms with Crippen LogP contribution in [0.5, 0.6) is 0 Å². The molecule has 0 saturated heterocycles. The lowest BCUT2D eigenvalue weighted by atomic mass is 10.2. The van der Waals surface area contributed by atoms with Crippen molar-refractivity contribution in [3.05, 3.63) is 0 Å². The summed E-state index contributed by atoms with van der Waals surface area (Å²) < 4.78 is 0. The summed E-state index contributed by atoms with van der Waals surface area (Å²) in [4.78, 5) is 0. The molecule has 0 aliphatic heterocycles. The van der Waals surface area contributed by atoms with Gasteiger partial charge in [-0.25, -0.2) is 0 Å². The molecule has 0 aromatic heterocycles. The Labute approximate surface area is 56.2 Å². The molecule has 3 heteroatoms. The first-order valence-corrected chi connectivity index (χ1v) is 3.34. The third kappa shape index (κ3) is 4.39. The SMILES string of the molecule is CCC(CN)NC(C)O. The average Bonchev–Trinajstić information content (AvgIpc) is 1.82. The lowest BCUT2D eigenvalue weighted by Gasteiger charge is -2.16. The zero-order chi connectivity index (χ0) is 7.28. The van der Waals surface area contributed by atoms with E-state index in [9.17, 15) is 0 Å². The van der Waals surface area contributed by atoms with Gasteiger partial charge in [-0.05, 0) is 13.3 Å². The van der Waals surface area contributed by atoms with Gasteiger partial charge in [-0.3, -0.25) is 5.32 Å². The fourth-order valence-electron chi connectivity index (χ4n) is 0.694. The van der Waals surface area contributed by atoms with Crippen molar-refractivity contribution in [3.63, 3.8) is 0 Å². The summed E-state index contributed by atoms with van der Waals surface area (Å²) >= 11 is 0. The van der Waals surface area contributed by atoms with E-state index in [1.807, 2.05) is 6.92 Å². The van der Waals surface area contributed by atoms with Crippen molar-refractivity contribution in [2.75, 3.05) is 6.54 Å². The third-order valence-corrected chi connectivity index (χ3v) is 1.25. The van der Waals surface area contributed by atoms with Crippen LogP contribution in [0.3, 0.4) is 0 Å². The smallest absolute Gasteiger partial charge is 0.102 e. The van der Waals surface area contributed by atoms with Crippen molar-refractivity contribution in [1.82, 2.24) is 5.32 Å². The molecule has 0 aliphatic carbocycles. The second-order valence-corrected chi connectivity index (χ2v) is 2.18. The van der Waals surface area contributed by atoms with Gasteiger partial charge in [0.2, 0.25) is 0 Å². The van der Waals surface area contributed by atoms with Crippen LogP contribution in [0.25, 0.3) is 0 Å². The fourth-order valence-corrected chi connectivity index (χ4v) is 0.694. The molecular weight excluding hydrogens is 116 g/mol. The van der Waals surface area contributed by atoms with Crippen LogP contribution in [0.15, 0.2) is 0 Å². The maximum absolute atomic E-state index is 8.82. The van der Waals surface area contributed by atoms with Crippen molar-refractivity contribution in [2.45, 2.75) is 32.5 Å². The Bertz CT molecular complexity index is 62.1. The average molecular weight is 132 g/mol. The standard InChI is InChI=1S/C6H16N2O/c1-3-6(4-7)8-5(2)9/h5-6,8-9H,3-4,7H2,1-2H3. The van der Waals surface area contributed by atoms with Gasteiger partial charge in [-0.1, -0.05) is 6.92 Å². The quantitative estimate of drug-likeness (QED) is 0.458. The number of hydrogen-bond acceptors (Lipinski definition) is 3. The molecule has 0 aromatic carbocycles. The molecule has 0 heterocycles. The summed E-state index contributed by atoms with van der Waals surface area (Å²) in [6, 6.07) is 0.255. The van der Waals surface area contributed by atoms with Crippen molar-refractivity contribution in [1.29, 1.82) is 0 Å². The molecule has 9 heavy (non-hydrogen) atoms. The van der Waals surface area contributed by atoms with Crippen LogP contribution in [-0.4, -0.2) is 23.9 Å². The normalized spacial score (nSPS) is 17.3. The van der Waals surface area contributed by atoms with Gasteiger partial charge in [0.15, 0.2) is 0 Å². The Morgan fingerprint density at radius 1 is 1.67 bits per heavy atom. The lowest BCUT2D eigenvalue weighted by Crippen LogP contribution is -2.40. The molecule has 4 N–H and O–H groups in total. The lowest BCUT2D eigenvalue weighted by molar-refractivity contribution is 0.140. The van der Waals surface area contributed by atoms with E-state index in [1.54, 1.807) is 6.92 Å². The Kier molecular flexibility index (Phi) is 4.67. The summed E-state index contributed by atoms with van der Waals surface area (Å²) in [5.41, 5.74) is 5.36. The molecule has 0 fully saturated rings. The first-order chi connectivity index (χ1) is 4.20. The molecular formula is C6H16N2O. The topological polar surface area (TPSA) is 58.3 Å². The predicted molar refractivity (Wildman–Crippen MR) is 37.9 cm³/mol. The van der Waals surface area contributed by atoms with Crippen LogP contribution < -0.4 is 11.1 Å². The molecule has 0 amide bonds. The highest BCUT2D eigenvalue weighted by atomic mass is 16.3. The zero-order valence-corrected chi connectivity index (χ0v) is 6.09. The van der Waals surface area contributed by atoms with Crippen LogP contribution in [0.4, 0.5) is 0 Å². The van der Waals surface area contributed by atoms with E-state index in [0.29, 0.717) is 6.54 Å². The molecule has 2 unspecified atom stereocenters. The van der Waals surface area contributed by atoms with Gasteiger partial charge in [-0.2, -0.15) is 0 Å². The van der Waals surface area contributed by atoms with Gasteiger partial charge in [0, 0.05) is 12.6 Å². The van der Waals surface area contributed by atoms with Gasteiger partial charge in [0.05, 0.1) is 0 Å². The predicted octanol–water partition coefficient (Wildman–Crippen LogP) is -0.348. The van der Waals surface area contributed by atoms with E-state index in [1.165, 1.54) is 0 Å². The minimum Gasteiger partial charge on any atom is -0.379 e. The Hall–Kier alpha value is -0.120. The highest BCUT2D eigenvalue weighted by Gasteiger charge is 2.03. The summed E-state index contributed by atoms with van der Waals surface area (Å²) in [6.45, 7) is 4.31. The molecule has 0 saturated carbocycles.